The van der Waals surface area contributed by atoms with Crippen LogP contribution in [0.3, 0.4) is 0 Å². The molecule has 1 heterocycles. The fourth-order valence-electron chi connectivity index (χ4n) is 1.29. The second kappa shape index (κ2) is 3.09. The summed E-state index contributed by atoms with van der Waals surface area (Å²) < 4.78 is 0. The van der Waals surface area contributed by atoms with E-state index < -0.39 is 11.6 Å². The molecule has 2 N–H and O–H groups in total. The summed E-state index contributed by atoms with van der Waals surface area (Å²) in [6.07, 6.45) is 3.35. The maximum Gasteiger partial charge on any atom is 0.405 e. The first-order valence-corrected chi connectivity index (χ1v) is 4.49. The van der Waals surface area contributed by atoms with Crippen molar-refractivity contribution in [1.82, 2.24) is 15.3 Å². The average Bonchev–Trinajstić information content (AvgIpc) is 2.85. The quantitative estimate of drug-likeness (QED) is 0.779. The molecule has 5 nitrogen and oxygen atoms in total. The monoisotopic (exact) mass is 213 g/mol. The molecule has 0 atom stereocenters. The third-order valence-corrected chi connectivity index (χ3v) is 2.34. The molecule has 1 amide bonds. The summed E-state index contributed by atoms with van der Waals surface area (Å²) in [4.78, 5) is 18.5. The predicted molar refractivity (Wildman–Crippen MR) is 49.1 cm³/mol. The lowest BCUT2D eigenvalue weighted by molar-refractivity contribution is 0.187. The smallest absolute Gasteiger partial charge is 0.405 e. The van der Waals surface area contributed by atoms with Crippen LogP contribution in [0.1, 0.15) is 18.7 Å². The number of carbonyl (C=O) groups is 1. The molecular weight excluding hydrogens is 206 g/mol. The van der Waals surface area contributed by atoms with Crippen molar-refractivity contribution >= 4 is 17.7 Å². The van der Waals surface area contributed by atoms with Gasteiger partial charge < -0.3 is 10.4 Å². The van der Waals surface area contributed by atoms with Crippen molar-refractivity contribution in [1.29, 1.82) is 0 Å². The number of hydrogen-bond acceptors (Lipinski definition) is 3. The van der Waals surface area contributed by atoms with Crippen molar-refractivity contribution in [3.8, 4) is 0 Å². The standard InChI is InChI=1S/C8H8ClN3O2/c9-5-3-10-6(11-4-5)8(1-2-8)12-7(13)14/h3-4,12H,1-2H2,(H,13,14). The van der Waals surface area contributed by atoms with E-state index in [1.165, 1.54) is 12.4 Å². The molecule has 6 heteroatoms. The molecule has 1 aliphatic rings. The lowest BCUT2D eigenvalue weighted by Gasteiger charge is -2.12. The van der Waals surface area contributed by atoms with Crippen LogP contribution in [0.25, 0.3) is 0 Å². The molecule has 14 heavy (non-hydrogen) atoms. The molecular formula is C8H8ClN3O2. The van der Waals surface area contributed by atoms with Crippen LogP contribution in [0.15, 0.2) is 12.4 Å². The zero-order valence-electron chi connectivity index (χ0n) is 7.20. The molecule has 74 valence electrons. The molecule has 1 aromatic heterocycles. The Bertz CT molecular complexity index is 361. The van der Waals surface area contributed by atoms with Crippen LogP contribution in [0.2, 0.25) is 5.02 Å². The molecule has 0 unspecified atom stereocenters. The van der Waals surface area contributed by atoms with E-state index >= 15 is 0 Å². The first-order valence-electron chi connectivity index (χ1n) is 4.11. The van der Waals surface area contributed by atoms with E-state index in [9.17, 15) is 4.79 Å². The minimum Gasteiger partial charge on any atom is -0.465 e. The van der Waals surface area contributed by atoms with Gasteiger partial charge in [-0.2, -0.15) is 0 Å². The van der Waals surface area contributed by atoms with Crippen molar-refractivity contribution < 1.29 is 9.90 Å². The predicted octanol–water partition coefficient (Wildman–Crippen LogP) is 1.39. The van der Waals surface area contributed by atoms with Crippen molar-refractivity contribution in [3.05, 3.63) is 23.2 Å². The molecule has 0 aromatic carbocycles. The maximum atomic E-state index is 10.5. The first kappa shape index (κ1) is 9.21. The second-order valence-electron chi connectivity index (χ2n) is 3.24. The number of halogens is 1. The summed E-state index contributed by atoms with van der Waals surface area (Å²) >= 11 is 5.63. The number of nitrogens with one attached hydrogen (secondary N) is 1. The summed E-state index contributed by atoms with van der Waals surface area (Å²) in [6.45, 7) is 0. The Morgan fingerprint density at radius 3 is 2.50 bits per heavy atom. The normalized spacial score (nSPS) is 17.5. The van der Waals surface area contributed by atoms with Gasteiger partial charge in [-0.25, -0.2) is 14.8 Å². The summed E-state index contributed by atoms with van der Waals surface area (Å²) in [5.74, 6) is 0.490. The highest BCUT2D eigenvalue weighted by molar-refractivity contribution is 6.30. The van der Waals surface area contributed by atoms with Crippen LogP contribution in [-0.2, 0) is 5.54 Å². The molecule has 0 radical (unpaired) electrons. The van der Waals surface area contributed by atoms with Crippen LogP contribution < -0.4 is 5.32 Å². The van der Waals surface area contributed by atoms with Crippen LogP contribution >= 0.6 is 11.6 Å². The van der Waals surface area contributed by atoms with Crippen molar-refractivity contribution in [3.63, 3.8) is 0 Å². The van der Waals surface area contributed by atoms with E-state index in [0.29, 0.717) is 10.8 Å². The largest absolute Gasteiger partial charge is 0.465 e. The molecule has 0 bridgehead atoms. The summed E-state index contributed by atoms with van der Waals surface area (Å²) in [5, 5.41) is 11.5. The molecule has 2 rings (SSSR count). The Labute approximate surface area is 85.1 Å². The molecule has 1 fully saturated rings. The second-order valence-corrected chi connectivity index (χ2v) is 3.67. The first-order chi connectivity index (χ1) is 6.62. The van der Waals surface area contributed by atoms with Crippen molar-refractivity contribution in [2.75, 3.05) is 0 Å². The van der Waals surface area contributed by atoms with Gasteiger partial charge in [0.25, 0.3) is 0 Å². The fourth-order valence-corrected chi connectivity index (χ4v) is 1.39. The number of rotatable bonds is 2. The highest BCUT2D eigenvalue weighted by Gasteiger charge is 2.48. The molecule has 0 spiro atoms. The summed E-state index contributed by atoms with van der Waals surface area (Å²) in [5.41, 5.74) is -0.573. The van der Waals surface area contributed by atoms with E-state index in [1.807, 2.05) is 0 Å². The van der Waals surface area contributed by atoms with Gasteiger partial charge in [-0.3, -0.25) is 0 Å². The van der Waals surface area contributed by atoms with Gasteiger partial charge in [0.15, 0.2) is 5.82 Å². The average molecular weight is 214 g/mol. The third kappa shape index (κ3) is 1.63. The fraction of sp³-hybridized carbons (Fsp3) is 0.375. The lowest BCUT2D eigenvalue weighted by atomic mass is 10.2. The highest BCUT2D eigenvalue weighted by Crippen LogP contribution is 2.43. The topological polar surface area (TPSA) is 75.1 Å². The molecule has 1 saturated carbocycles. The lowest BCUT2D eigenvalue weighted by Crippen LogP contribution is -2.34. The van der Waals surface area contributed by atoms with E-state index in [4.69, 9.17) is 16.7 Å². The van der Waals surface area contributed by atoms with Gasteiger partial charge >= 0.3 is 6.09 Å². The number of carboxylic acid groups (broad SMARTS) is 1. The summed E-state index contributed by atoms with van der Waals surface area (Å²) in [6, 6.07) is 0. The van der Waals surface area contributed by atoms with Crippen LogP contribution in [0.4, 0.5) is 4.79 Å². The van der Waals surface area contributed by atoms with Gasteiger partial charge in [0, 0.05) is 12.4 Å². The Kier molecular flexibility index (Phi) is 2.03. The van der Waals surface area contributed by atoms with Gasteiger partial charge in [-0.15, -0.1) is 0 Å². The van der Waals surface area contributed by atoms with Gasteiger partial charge in [0.2, 0.25) is 0 Å². The van der Waals surface area contributed by atoms with Crippen molar-refractivity contribution in [2.24, 2.45) is 0 Å². The number of amides is 1. The Hall–Kier alpha value is -1.36. The van der Waals surface area contributed by atoms with Crippen LogP contribution in [-0.4, -0.2) is 21.2 Å². The molecule has 0 aliphatic heterocycles. The Morgan fingerprint density at radius 2 is 2.07 bits per heavy atom. The summed E-state index contributed by atoms with van der Waals surface area (Å²) in [7, 11) is 0. The Balaban J connectivity index is 2.22. The van der Waals surface area contributed by atoms with Crippen LogP contribution in [0.5, 0.6) is 0 Å². The minimum atomic E-state index is -1.05. The number of nitrogens with zero attached hydrogens (tertiary/aromatic N) is 2. The minimum absolute atomic E-state index is 0.444. The van der Waals surface area contributed by atoms with Gasteiger partial charge in [-0.05, 0) is 12.8 Å². The molecule has 0 saturated heterocycles. The zero-order valence-corrected chi connectivity index (χ0v) is 7.95. The van der Waals surface area contributed by atoms with Gasteiger partial charge in [0.05, 0.1) is 5.02 Å². The SMILES string of the molecule is O=C(O)NC1(c2ncc(Cl)cn2)CC1. The van der Waals surface area contributed by atoms with Crippen LogP contribution in [0, 0.1) is 0 Å². The number of hydrogen-bond donors (Lipinski definition) is 2. The highest BCUT2D eigenvalue weighted by atomic mass is 35.5. The number of aromatic nitrogens is 2. The van der Waals surface area contributed by atoms with E-state index in [0.717, 1.165) is 12.8 Å². The van der Waals surface area contributed by atoms with Gasteiger partial charge in [0.1, 0.15) is 5.54 Å². The maximum absolute atomic E-state index is 10.5. The zero-order chi connectivity index (χ0) is 10.2. The third-order valence-electron chi connectivity index (χ3n) is 2.14. The molecule has 1 aliphatic carbocycles. The molecule has 1 aromatic rings. The van der Waals surface area contributed by atoms with E-state index in [-0.39, 0.29) is 0 Å². The van der Waals surface area contributed by atoms with Gasteiger partial charge in [-0.1, -0.05) is 11.6 Å². The van der Waals surface area contributed by atoms with Crippen molar-refractivity contribution in [2.45, 2.75) is 18.4 Å². The van der Waals surface area contributed by atoms with E-state index in [1.54, 1.807) is 0 Å². The van der Waals surface area contributed by atoms with E-state index in [2.05, 4.69) is 15.3 Å². The Morgan fingerprint density at radius 1 is 1.50 bits per heavy atom.